The smallest absolute Gasteiger partial charge is 0.153 e. The lowest BCUT2D eigenvalue weighted by Gasteiger charge is -2.03. The Labute approximate surface area is 75.4 Å². The molecule has 0 aromatic carbocycles. The van der Waals surface area contributed by atoms with Gasteiger partial charge in [0.05, 0.1) is 11.4 Å². The minimum atomic E-state index is 0.760. The summed E-state index contributed by atoms with van der Waals surface area (Å²) in [4.78, 5) is 4.16. The third kappa shape index (κ3) is 1.28. The van der Waals surface area contributed by atoms with E-state index in [1.54, 1.807) is 10.9 Å². The lowest BCUT2D eigenvalue weighted by molar-refractivity contribution is 0.770. The molecule has 0 unspecified atom stereocenters. The Kier molecular flexibility index (Phi) is 1.77. The van der Waals surface area contributed by atoms with Crippen molar-refractivity contribution in [1.82, 2.24) is 25.2 Å². The zero-order valence-corrected chi connectivity index (χ0v) is 7.47. The van der Waals surface area contributed by atoms with E-state index in [0.29, 0.717) is 0 Å². The largest absolute Gasteiger partial charge is 0.259 e. The molecule has 0 N–H and O–H groups in total. The van der Waals surface area contributed by atoms with E-state index >= 15 is 0 Å². The monoisotopic (exact) mass is 175 g/mol. The first-order chi connectivity index (χ1) is 6.29. The zero-order chi connectivity index (χ0) is 9.26. The topological polar surface area (TPSA) is 56.5 Å². The molecule has 13 heavy (non-hydrogen) atoms. The molecule has 0 radical (unpaired) electrons. The van der Waals surface area contributed by atoms with Gasteiger partial charge in [0.2, 0.25) is 0 Å². The van der Waals surface area contributed by atoms with E-state index in [1.165, 1.54) is 0 Å². The molecular weight excluding hydrogens is 166 g/mol. The molecular formula is C8H9N5. The molecule has 0 fully saturated rings. The Hall–Kier alpha value is -1.78. The van der Waals surface area contributed by atoms with Gasteiger partial charge in [0.25, 0.3) is 0 Å². The van der Waals surface area contributed by atoms with Crippen LogP contribution in [-0.4, -0.2) is 25.2 Å². The average Bonchev–Trinajstić information content (AvgIpc) is 2.52. The van der Waals surface area contributed by atoms with Crippen LogP contribution < -0.4 is 0 Å². The quantitative estimate of drug-likeness (QED) is 0.639. The lowest BCUT2D eigenvalue weighted by atomic mass is 10.3. The fourth-order valence-corrected chi connectivity index (χ4v) is 1.15. The number of tetrazole rings is 1. The third-order valence-electron chi connectivity index (χ3n) is 1.83. The van der Waals surface area contributed by atoms with Crippen LogP contribution in [0.15, 0.2) is 18.3 Å². The summed E-state index contributed by atoms with van der Waals surface area (Å²) in [6.07, 6.45) is 1.75. The molecule has 0 amide bonds. The standard InChI is InChI=1S/C8H9N5/c1-6-8(4-3-5-9-6)13-7(2)10-11-12-13/h3-5H,1-2H3. The minimum Gasteiger partial charge on any atom is -0.259 e. The summed E-state index contributed by atoms with van der Waals surface area (Å²) < 4.78 is 1.67. The van der Waals surface area contributed by atoms with E-state index in [-0.39, 0.29) is 0 Å². The van der Waals surface area contributed by atoms with Crippen molar-refractivity contribution < 1.29 is 0 Å². The summed E-state index contributed by atoms with van der Waals surface area (Å²) in [7, 11) is 0. The van der Waals surface area contributed by atoms with Crippen LogP contribution in [0.1, 0.15) is 11.5 Å². The summed E-state index contributed by atoms with van der Waals surface area (Å²) in [6.45, 7) is 3.78. The highest BCUT2D eigenvalue weighted by molar-refractivity contribution is 5.34. The molecule has 0 saturated heterocycles. The van der Waals surface area contributed by atoms with E-state index in [1.807, 2.05) is 26.0 Å². The van der Waals surface area contributed by atoms with Crippen molar-refractivity contribution in [2.45, 2.75) is 13.8 Å². The summed E-state index contributed by atoms with van der Waals surface area (Å²) in [5.74, 6) is 0.760. The molecule has 2 aromatic rings. The van der Waals surface area contributed by atoms with Gasteiger partial charge in [0.1, 0.15) is 0 Å². The average molecular weight is 175 g/mol. The number of hydrogen-bond acceptors (Lipinski definition) is 4. The Morgan fingerprint density at radius 3 is 2.77 bits per heavy atom. The maximum absolute atomic E-state index is 4.16. The van der Waals surface area contributed by atoms with Gasteiger partial charge in [-0.15, -0.1) is 5.10 Å². The molecule has 66 valence electrons. The summed E-state index contributed by atoms with van der Waals surface area (Å²) >= 11 is 0. The number of rotatable bonds is 1. The van der Waals surface area contributed by atoms with Crippen LogP contribution in [0, 0.1) is 13.8 Å². The van der Waals surface area contributed by atoms with E-state index < -0.39 is 0 Å². The third-order valence-corrected chi connectivity index (χ3v) is 1.83. The second kappa shape index (κ2) is 2.93. The Bertz CT molecular complexity index is 420. The summed E-state index contributed by atoms with van der Waals surface area (Å²) in [5.41, 5.74) is 1.84. The van der Waals surface area contributed by atoms with Crippen LogP contribution >= 0.6 is 0 Å². The van der Waals surface area contributed by atoms with Crippen LogP contribution in [0.25, 0.3) is 5.69 Å². The van der Waals surface area contributed by atoms with E-state index in [9.17, 15) is 0 Å². The predicted octanol–water partition coefficient (Wildman–Crippen LogP) is 0.674. The van der Waals surface area contributed by atoms with Crippen molar-refractivity contribution >= 4 is 0 Å². The molecule has 2 heterocycles. The number of nitrogens with zero attached hydrogens (tertiary/aromatic N) is 5. The summed E-state index contributed by atoms with van der Waals surface area (Å²) in [5, 5.41) is 11.2. The molecule has 5 nitrogen and oxygen atoms in total. The molecule has 0 saturated carbocycles. The predicted molar refractivity (Wildman–Crippen MR) is 46.4 cm³/mol. The van der Waals surface area contributed by atoms with Gasteiger partial charge in [-0.3, -0.25) is 4.98 Å². The van der Waals surface area contributed by atoms with Crippen LogP contribution in [0.2, 0.25) is 0 Å². The molecule has 5 heteroatoms. The SMILES string of the molecule is Cc1ncccc1-n1nnnc1C. The lowest BCUT2D eigenvalue weighted by Crippen LogP contribution is -2.02. The maximum atomic E-state index is 4.16. The zero-order valence-electron chi connectivity index (χ0n) is 7.47. The highest BCUT2D eigenvalue weighted by Crippen LogP contribution is 2.09. The van der Waals surface area contributed by atoms with Gasteiger partial charge in [-0.05, 0) is 36.4 Å². The Balaban J connectivity index is 2.59. The highest BCUT2D eigenvalue weighted by Gasteiger charge is 2.05. The van der Waals surface area contributed by atoms with Crippen molar-refractivity contribution in [3.05, 3.63) is 29.8 Å². The molecule has 0 aliphatic rings. The van der Waals surface area contributed by atoms with Gasteiger partial charge in [-0.2, -0.15) is 4.68 Å². The van der Waals surface area contributed by atoms with Crippen molar-refractivity contribution in [3.8, 4) is 5.69 Å². The van der Waals surface area contributed by atoms with Crippen molar-refractivity contribution in [2.75, 3.05) is 0 Å². The molecule has 2 rings (SSSR count). The van der Waals surface area contributed by atoms with Gasteiger partial charge in [0.15, 0.2) is 5.82 Å². The number of aromatic nitrogens is 5. The van der Waals surface area contributed by atoms with Gasteiger partial charge in [-0.1, -0.05) is 0 Å². The number of aryl methyl sites for hydroxylation is 2. The minimum absolute atomic E-state index is 0.760. The van der Waals surface area contributed by atoms with Crippen molar-refractivity contribution in [1.29, 1.82) is 0 Å². The first-order valence-corrected chi connectivity index (χ1v) is 3.96. The van der Waals surface area contributed by atoms with Gasteiger partial charge in [0, 0.05) is 6.20 Å². The Morgan fingerprint density at radius 1 is 1.31 bits per heavy atom. The van der Waals surface area contributed by atoms with Crippen LogP contribution in [0.3, 0.4) is 0 Å². The normalized spacial score (nSPS) is 10.3. The van der Waals surface area contributed by atoms with Gasteiger partial charge in [-0.25, -0.2) is 0 Å². The van der Waals surface area contributed by atoms with Crippen molar-refractivity contribution in [2.24, 2.45) is 0 Å². The van der Waals surface area contributed by atoms with Crippen LogP contribution in [-0.2, 0) is 0 Å². The second-order valence-electron chi connectivity index (χ2n) is 2.75. The first kappa shape index (κ1) is 7.85. The van der Waals surface area contributed by atoms with Crippen molar-refractivity contribution in [3.63, 3.8) is 0 Å². The molecule has 0 aliphatic heterocycles. The Morgan fingerprint density at radius 2 is 2.15 bits per heavy atom. The first-order valence-electron chi connectivity index (χ1n) is 3.96. The van der Waals surface area contributed by atoms with Gasteiger partial charge >= 0.3 is 0 Å². The molecule has 0 aliphatic carbocycles. The van der Waals surface area contributed by atoms with E-state index in [2.05, 4.69) is 20.5 Å². The van der Waals surface area contributed by atoms with E-state index in [4.69, 9.17) is 0 Å². The fraction of sp³-hybridized carbons (Fsp3) is 0.250. The molecule has 0 bridgehead atoms. The summed E-state index contributed by atoms with van der Waals surface area (Å²) in [6, 6.07) is 3.80. The fourth-order valence-electron chi connectivity index (χ4n) is 1.15. The number of hydrogen-bond donors (Lipinski definition) is 0. The molecule has 0 atom stereocenters. The molecule has 2 aromatic heterocycles. The van der Waals surface area contributed by atoms with Crippen LogP contribution in [0.5, 0.6) is 0 Å². The maximum Gasteiger partial charge on any atom is 0.153 e. The van der Waals surface area contributed by atoms with Crippen LogP contribution in [0.4, 0.5) is 0 Å². The molecule has 0 spiro atoms. The highest BCUT2D eigenvalue weighted by atomic mass is 15.5. The number of pyridine rings is 1. The second-order valence-corrected chi connectivity index (χ2v) is 2.75. The van der Waals surface area contributed by atoms with E-state index in [0.717, 1.165) is 17.2 Å². The van der Waals surface area contributed by atoms with Gasteiger partial charge < -0.3 is 0 Å².